The number of rotatable bonds is 16. The molecule has 0 aromatic heterocycles. The van der Waals surface area contributed by atoms with Crippen molar-refractivity contribution >= 4 is 34.5 Å². The molecule has 15 heteroatoms. The maximum absolute atomic E-state index is 11.8. The topological polar surface area (TPSA) is 213 Å². The summed E-state index contributed by atoms with van der Waals surface area (Å²) in [6.07, 6.45) is 45.9. The van der Waals surface area contributed by atoms with Crippen LogP contribution in [-0.4, -0.2) is 110 Å². The average Bonchev–Trinajstić information content (AvgIpc) is 1.61. The molecule has 9 saturated carbocycles. The fourth-order valence-corrected chi connectivity index (χ4v) is 24.8. The molecule has 0 spiro atoms. The highest BCUT2D eigenvalue weighted by molar-refractivity contribution is 6.74. The highest BCUT2D eigenvalue weighted by Gasteiger charge is 2.55. The van der Waals surface area contributed by atoms with Crippen molar-refractivity contribution in [2.24, 2.45) is 87.3 Å². The van der Waals surface area contributed by atoms with E-state index in [-0.39, 0.29) is 98.7 Å². The van der Waals surface area contributed by atoms with Crippen LogP contribution in [0.5, 0.6) is 0 Å². The van der Waals surface area contributed by atoms with Crippen molar-refractivity contribution in [3.05, 3.63) is 179 Å². The van der Waals surface area contributed by atoms with Crippen LogP contribution in [0.4, 0.5) is 0 Å². The number of ether oxygens (including phenoxy) is 3. The van der Waals surface area contributed by atoms with Crippen molar-refractivity contribution in [3.8, 4) is 0 Å². The molecule has 3 heterocycles. The summed E-state index contributed by atoms with van der Waals surface area (Å²) in [4.78, 5) is 35.0. The van der Waals surface area contributed by atoms with Gasteiger partial charge in [0.15, 0.2) is 16.6 Å². The van der Waals surface area contributed by atoms with E-state index in [9.17, 15) is 34.8 Å². The van der Waals surface area contributed by atoms with Gasteiger partial charge >= 0.3 is 17.9 Å². The lowest BCUT2D eigenvalue weighted by Gasteiger charge is -2.48. The van der Waals surface area contributed by atoms with Gasteiger partial charge in [-0.25, -0.2) is 14.4 Å². The predicted octanol–water partition coefficient (Wildman–Crippen LogP) is 22.5. The molecule has 3 saturated heterocycles. The second-order valence-corrected chi connectivity index (χ2v) is 50.6. The number of cyclic esters (lactones) is 3. The summed E-state index contributed by atoms with van der Waals surface area (Å²) in [5.74, 6) is 3.99. The third-order valence-electron chi connectivity index (χ3n) is 31.7. The van der Waals surface area contributed by atoms with E-state index in [1.165, 1.54) is 100 Å². The molecular formula is C99H151NO12Si2. The first-order valence-electron chi connectivity index (χ1n) is 43.8. The minimum Gasteiger partial charge on any atom is -0.454 e. The molecular weight excluding hydrogens is 1450 g/mol. The fourth-order valence-electron chi connectivity index (χ4n) is 22.1. The Bertz CT molecular complexity index is 3720. The zero-order valence-electron chi connectivity index (χ0n) is 73.9. The van der Waals surface area contributed by atoms with Gasteiger partial charge in [0, 0.05) is 53.7 Å². The van der Waals surface area contributed by atoms with Gasteiger partial charge in [-0.2, -0.15) is 0 Å². The quantitative estimate of drug-likeness (QED) is 0.0320. The van der Waals surface area contributed by atoms with E-state index in [1.807, 2.05) is 13.8 Å². The Morgan fingerprint density at radius 3 is 1.03 bits per heavy atom. The highest BCUT2D eigenvalue weighted by atomic mass is 28.4. The summed E-state index contributed by atoms with van der Waals surface area (Å²) in [6.45, 7) is 68.3. The molecule has 3 aliphatic heterocycles. The Morgan fingerprint density at radius 1 is 0.439 bits per heavy atom. The smallest absolute Gasteiger partial charge is 0.334 e. The minimum absolute atomic E-state index is 0. The Balaban J connectivity index is 0.000000199. The van der Waals surface area contributed by atoms with Crippen molar-refractivity contribution in [1.82, 2.24) is 6.15 Å². The first-order valence-corrected chi connectivity index (χ1v) is 49.6. The molecule has 114 heavy (non-hydrogen) atoms. The highest BCUT2D eigenvalue weighted by Crippen LogP contribution is 2.63. The lowest BCUT2D eigenvalue weighted by atomic mass is 9.61. The van der Waals surface area contributed by atoms with Crippen LogP contribution in [0.25, 0.3) is 0 Å². The van der Waals surface area contributed by atoms with Crippen molar-refractivity contribution in [2.75, 3.05) is 0 Å². The molecule has 0 bridgehead atoms. The number of hydrogen-bond acceptors (Lipinski definition) is 13. The molecule has 12 aliphatic rings. The molecule has 12 rings (SSSR count). The molecule has 7 N–H and O–H groups in total. The summed E-state index contributed by atoms with van der Waals surface area (Å²) in [5, 5.41) is 41.7. The van der Waals surface area contributed by atoms with Crippen molar-refractivity contribution in [3.63, 3.8) is 0 Å². The molecule has 9 aliphatic carbocycles. The van der Waals surface area contributed by atoms with Gasteiger partial charge in [-0.1, -0.05) is 215 Å². The van der Waals surface area contributed by atoms with E-state index in [4.69, 9.17) is 29.6 Å². The third-order valence-corrected chi connectivity index (χ3v) is 40.7. The number of esters is 3. The zero-order valence-corrected chi connectivity index (χ0v) is 75.9. The lowest BCUT2D eigenvalue weighted by molar-refractivity contribution is -0.138. The number of aliphatic hydroxyl groups excluding tert-OH is 4. The molecule has 13 nitrogen and oxygen atoms in total. The van der Waals surface area contributed by atoms with Gasteiger partial charge in [-0.15, -0.1) is 0 Å². The normalized spacial score (nSPS) is 39.3. The van der Waals surface area contributed by atoms with E-state index < -0.39 is 41.1 Å². The van der Waals surface area contributed by atoms with Gasteiger partial charge in [-0.3, -0.25) is 0 Å². The van der Waals surface area contributed by atoms with Crippen LogP contribution in [0.1, 0.15) is 239 Å². The van der Waals surface area contributed by atoms with Crippen molar-refractivity contribution < 1.29 is 57.9 Å². The number of aliphatic hydroxyl groups is 4. The molecule has 0 aromatic carbocycles. The molecule has 0 radical (unpaired) electrons. The molecule has 632 valence electrons. The first-order chi connectivity index (χ1) is 52.7. The van der Waals surface area contributed by atoms with Gasteiger partial charge in [-0.05, 0) is 273 Å². The Kier molecular flexibility index (Phi) is 29.8. The second kappa shape index (κ2) is 36.7. The van der Waals surface area contributed by atoms with Crippen LogP contribution in [0.3, 0.4) is 0 Å². The number of fused-ring (bicyclic) bond motifs is 3. The summed E-state index contributed by atoms with van der Waals surface area (Å²) >= 11 is 0. The van der Waals surface area contributed by atoms with E-state index >= 15 is 0 Å². The molecule has 24 atom stereocenters. The third kappa shape index (κ3) is 19.9. The van der Waals surface area contributed by atoms with Crippen LogP contribution in [-0.2, 0) is 37.4 Å². The average molecular weight is 1600 g/mol. The zero-order chi connectivity index (χ0) is 83.2. The van der Waals surface area contributed by atoms with Gasteiger partial charge in [0.2, 0.25) is 0 Å². The van der Waals surface area contributed by atoms with Gasteiger partial charge in [0.05, 0.1) is 36.6 Å². The lowest BCUT2D eigenvalue weighted by Crippen LogP contribution is -2.53. The van der Waals surface area contributed by atoms with Crippen LogP contribution in [0, 0.1) is 87.3 Å². The maximum Gasteiger partial charge on any atom is 0.334 e. The van der Waals surface area contributed by atoms with Gasteiger partial charge in [0.1, 0.15) is 18.3 Å². The molecule has 3 unspecified atom stereocenters. The first kappa shape index (κ1) is 92.5. The van der Waals surface area contributed by atoms with E-state index in [1.54, 1.807) is 5.57 Å². The van der Waals surface area contributed by atoms with Crippen LogP contribution in [0.15, 0.2) is 179 Å². The van der Waals surface area contributed by atoms with E-state index in [0.717, 1.165) is 47.1 Å². The van der Waals surface area contributed by atoms with E-state index in [0.29, 0.717) is 102 Å². The monoisotopic (exact) mass is 1600 g/mol. The SMILES string of the molecule is C=C1CC(/C=C/[C@@H](C)[C@H]2CC[C@H]3/C(=C/C=C4/C[C@@H](O)[C@H](C)[C@H](O)C4=C)CCC[C@]23C)OC1=O.C=C1CC(/C=C/[C@@H](C)[C@H]2CC[C@H]3/C(=C/C=C4/C[C@@H](O)[C@H](C)[C@H](O)C4=C)CCC[C@]23C)OC1=O.C=C1CC(/C=C/[C@@H](C)[C@H]2CC[C@H]3/C(=C/C=C4/C[C@@H](O[Si](C)(C)C(C)(C)C)[C@H](C)[C@H](O[Si](C)(C)C(C)(C)C)C4=C)CCC[C@]23C)OC1=O.N. The standard InChI is InChI=1S/C41H68O4Si2.2C29H40O4.H3N/c1-27(18-21-33-25-28(2)38(42)43-33)34-22-23-35-31(17-16-24-41(34,35)11)19-20-32-26-36(44-46(12,13)39(5,6)7)30(4)37(29(32)3)45-47(14,15)40(8,9)10;2*1-17(8-11-23-15-18(2)28(32)33-23)24-12-13-25-21(7-6-14-29(24,25)5)9-10-22-16-26(30)20(4)27(31)19(22)3;/h18-21,27,30,33-37H,2-3,16-17,22-26H2,1,4-15H3;2*8-11,17,20,23-27,30-31H,2-3,6-7,12-16H2,1,4-5H3;1H3/b21-18+,31-19+,32-20-;2*11-8+,21-9+,22-10-;/t27-,30+,33?,34-,35+,36-,37-,41-;2*17-,20+,23?,24-,25+,26-,27-,29-;/m111./s1. The summed E-state index contributed by atoms with van der Waals surface area (Å²) in [7, 11) is -4.02. The molecule has 0 amide bonds. The molecule has 0 aromatic rings. The largest absolute Gasteiger partial charge is 0.454 e. The van der Waals surface area contributed by atoms with Crippen LogP contribution >= 0.6 is 0 Å². The summed E-state index contributed by atoms with van der Waals surface area (Å²) in [6, 6.07) is 0. The minimum atomic E-state index is -2.04. The predicted molar refractivity (Wildman–Crippen MR) is 471 cm³/mol. The Labute approximate surface area is 690 Å². The Morgan fingerprint density at radius 2 is 0.737 bits per heavy atom. The van der Waals surface area contributed by atoms with Gasteiger partial charge in [0.25, 0.3) is 0 Å². The summed E-state index contributed by atoms with van der Waals surface area (Å²) in [5.41, 5.74) is 13.1. The van der Waals surface area contributed by atoms with Crippen molar-refractivity contribution in [2.45, 2.75) is 330 Å². The maximum atomic E-state index is 11.8. The number of carbonyl (C=O) groups is 3. The summed E-state index contributed by atoms with van der Waals surface area (Å²) < 4.78 is 30.6. The molecule has 12 fully saturated rings. The van der Waals surface area contributed by atoms with Crippen molar-refractivity contribution in [1.29, 1.82) is 0 Å². The van der Waals surface area contributed by atoms with Crippen LogP contribution in [0.2, 0.25) is 36.3 Å². The fraction of sp³-hybridized carbons (Fsp3) is 0.667. The van der Waals surface area contributed by atoms with Crippen LogP contribution < -0.4 is 6.15 Å². The number of hydrogen-bond donors (Lipinski definition) is 5. The second-order valence-electron chi connectivity index (χ2n) is 41.1. The number of allylic oxidation sites excluding steroid dienone is 12. The van der Waals surface area contributed by atoms with E-state index in [2.05, 4.69) is 222 Å². The van der Waals surface area contributed by atoms with Gasteiger partial charge < -0.3 is 49.6 Å². The Hall–Kier alpha value is -5.34. The number of carbonyl (C=O) groups excluding carboxylic acids is 3.